The Kier molecular flexibility index (Phi) is 3.96. The number of amides is 1. The number of carbonyl (C=O) groups is 1. The summed E-state index contributed by atoms with van der Waals surface area (Å²) in [5, 5.41) is 0. The molecule has 2 N–H and O–H groups in total. The molecular formula is C17H26N4O2. The number of hydrogen-bond donors (Lipinski definition) is 1. The monoisotopic (exact) mass is 318 g/mol. The molecule has 2 aliphatic rings. The molecule has 1 saturated carbocycles. The van der Waals surface area contributed by atoms with Gasteiger partial charge < -0.3 is 15.4 Å². The van der Waals surface area contributed by atoms with Gasteiger partial charge in [-0.15, -0.1) is 0 Å². The van der Waals surface area contributed by atoms with Crippen LogP contribution in [0.2, 0.25) is 0 Å². The van der Waals surface area contributed by atoms with E-state index in [1.165, 1.54) is 0 Å². The third-order valence-electron chi connectivity index (χ3n) is 4.42. The summed E-state index contributed by atoms with van der Waals surface area (Å²) in [5.41, 5.74) is 6.04. The standard InChI is InChI=1S/C17H26N4O2/c1-16(2,3)23-15(22)21-10-9-20(12-17(21)7-8-17)14-6-4-5-13(11-18)19-14/h4-6H,7-12,18H2,1-3H3. The predicted octanol–water partition coefficient (Wildman–Crippen LogP) is 2.13. The summed E-state index contributed by atoms with van der Waals surface area (Å²) in [6.45, 7) is 8.41. The fourth-order valence-corrected chi connectivity index (χ4v) is 3.10. The summed E-state index contributed by atoms with van der Waals surface area (Å²) in [4.78, 5) is 21.2. The number of carbonyl (C=O) groups excluding carboxylic acids is 1. The molecule has 6 nitrogen and oxygen atoms in total. The third kappa shape index (κ3) is 3.42. The Bertz CT molecular complexity index is 593. The number of hydrogen-bond acceptors (Lipinski definition) is 5. The molecule has 2 fully saturated rings. The number of piperazine rings is 1. The summed E-state index contributed by atoms with van der Waals surface area (Å²) >= 11 is 0. The number of ether oxygens (including phenoxy) is 1. The van der Waals surface area contributed by atoms with Gasteiger partial charge in [0.05, 0.1) is 11.2 Å². The van der Waals surface area contributed by atoms with Crippen LogP contribution in [-0.4, -0.2) is 46.8 Å². The van der Waals surface area contributed by atoms with Gasteiger partial charge in [0.1, 0.15) is 11.4 Å². The van der Waals surface area contributed by atoms with Crippen molar-refractivity contribution < 1.29 is 9.53 Å². The summed E-state index contributed by atoms with van der Waals surface area (Å²) in [6.07, 6.45) is 1.86. The van der Waals surface area contributed by atoms with Crippen molar-refractivity contribution in [3.05, 3.63) is 23.9 Å². The Balaban J connectivity index is 1.72. The summed E-state index contributed by atoms with van der Waals surface area (Å²) < 4.78 is 5.57. The van der Waals surface area contributed by atoms with Crippen molar-refractivity contribution in [2.45, 2.75) is 51.3 Å². The second-order valence-corrected chi connectivity index (χ2v) is 7.47. The molecule has 23 heavy (non-hydrogen) atoms. The molecule has 126 valence electrons. The molecule has 1 aromatic heterocycles. The van der Waals surface area contributed by atoms with E-state index in [1.54, 1.807) is 0 Å². The topological polar surface area (TPSA) is 71.7 Å². The molecule has 2 heterocycles. The minimum absolute atomic E-state index is 0.0824. The zero-order valence-corrected chi connectivity index (χ0v) is 14.2. The molecule has 0 aromatic carbocycles. The van der Waals surface area contributed by atoms with Crippen LogP contribution >= 0.6 is 0 Å². The van der Waals surface area contributed by atoms with Crippen LogP contribution in [-0.2, 0) is 11.3 Å². The maximum absolute atomic E-state index is 12.5. The lowest BCUT2D eigenvalue weighted by molar-refractivity contribution is 0.0106. The first-order valence-corrected chi connectivity index (χ1v) is 8.25. The second kappa shape index (κ2) is 5.67. The van der Waals surface area contributed by atoms with E-state index in [-0.39, 0.29) is 11.6 Å². The van der Waals surface area contributed by atoms with E-state index >= 15 is 0 Å². The molecule has 0 radical (unpaired) electrons. The smallest absolute Gasteiger partial charge is 0.410 e. The van der Waals surface area contributed by atoms with Crippen LogP contribution in [0.25, 0.3) is 0 Å². The fourth-order valence-electron chi connectivity index (χ4n) is 3.10. The van der Waals surface area contributed by atoms with E-state index in [0.717, 1.165) is 37.4 Å². The van der Waals surface area contributed by atoms with Crippen molar-refractivity contribution in [1.29, 1.82) is 0 Å². The first kappa shape index (κ1) is 16.1. The van der Waals surface area contributed by atoms with Crippen molar-refractivity contribution in [3.63, 3.8) is 0 Å². The van der Waals surface area contributed by atoms with Gasteiger partial charge in [-0.05, 0) is 45.7 Å². The number of pyridine rings is 1. The van der Waals surface area contributed by atoms with Gasteiger partial charge in [-0.2, -0.15) is 0 Å². The summed E-state index contributed by atoms with van der Waals surface area (Å²) in [7, 11) is 0. The van der Waals surface area contributed by atoms with Gasteiger partial charge in [0, 0.05) is 26.2 Å². The van der Waals surface area contributed by atoms with E-state index < -0.39 is 5.60 Å². The van der Waals surface area contributed by atoms with E-state index in [2.05, 4.69) is 9.88 Å². The molecule has 0 bridgehead atoms. The van der Waals surface area contributed by atoms with Crippen LogP contribution in [0.5, 0.6) is 0 Å². The predicted molar refractivity (Wildman–Crippen MR) is 89.2 cm³/mol. The number of nitrogens with two attached hydrogens (primary N) is 1. The number of rotatable bonds is 2. The van der Waals surface area contributed by atoms with E-state index in [4.69, 9.17) is 10.5 Å². The van der Waals surface area contributed by atoms with Gasteiger partial charge in [-0.1, -0.05) is 6.07 Å². The quantitative estimate of drug-likeness (QED) is 0.904. The maximum Gasteiger partial charge on any atom is 0.410 e. The molecule has 1 spiro atoms. The van der Waals surface area contributed by atoms with Crippen molar-refractivity contribution in [2.75, 3.05) is 24.5 Å². The number of aromatic nitrogens is 1. The van der Waals surface area contributed by atoms with E-state index in [9.17, 15) is 4.79 Å². The Hall–Kier alpha value is -1.82. The highest BCUT2D eigenvalue weighted by atomic mass is 16.6. The van der Waals surface area contributed by atoms with Crippen LogP contribution in [0.1, 0.15) is 39.3 Å². The zero-order chi connectivity index (χ0) is 16.7. The third-order valence-corrected chi connectivity index (χ3v) is 4.42. The lowest BCUT2D eigenvalue weighted by Gasteiger charge is -2.42. The van der Waals surface area contributed by atoms with Gasteiger partial charge in [-0.3, -0.25) is 4.90 Å². The fraction of sp³-hybridized carbons (Fsp3) is 0.647. The molecule has 3 rings (SSSR count). The molecule has 0 atom stereocenters. The van der Waals surface area contributed by atoms with Gasteiger partial charge in [0.15, 0.2) is 0 Å². The van der Waals surface area contributed by atoms with Crippen molar-refractivity contribution in [2.24, 2.45) is 5.73 Å². The van der Waals surface area contributed by atoms with Gasteiger partial charge in [-0.25, -0.2) is 9.78 Å². The van der Waals surface area contributed by atoms with Crippen LogP contribution in [0.15, 0.2) is 18.2 Å². The minimum Gasteiger partial charge on any atom is -0.444 e. The number of nitrogens with zero attached hydrogens (tertiary/aromatic N) is 3. The number of anilines is 1. The van der Waals surface area contributed by atoms with Gasteiger partial charge in [0.2, 0.25) is 0 Å². The van der Waals surface area contributed by atoms with Crippen LogP contribution < -0.4 is 10.6 Å². The molecule has 1 saturated heterocycles. The van der Waals surface area contributed by atoms with Crippen molar-refractivity contribution in [1.82, 2.24) is 9.88 Å². The highest BCUT2D eigenvalue weighted by molar-refractivity contribution is 5.70. The molecule has 1 amide bonds. The first-order valence-electron chi connectivity index (χ1n) is 8.25. The molecule has 1 aliphatic heterocycles. The zero-order valence-electron chi connectivity index (χ0n) is 14.2. The highest BCUT2D eigenvalue weighted by Crippen LogP contribution is 2.45. The Labute approximate surface area is 137 Å². The average Bonchev–Trinajstić information content (AvgIpc) is 3.25. The molecule has 0 unspecified atom stereocenters. The molecule has 1 aromatic rings. The molecular weight excluding hydrogens is 292 g/mol. The van der Waals surface area contributed by atoms with E-state index in [0.29, 0.717) is 13.1 Å². The summed E-state index contributed by atoms with van der Waals surface area (Å²) in [5.74, 6) is 0.947. The Morgan fingerprint density at radius 3 is 2.70 bits per heavy atom. The second-order valence-electron chi connectivity index (χ2n) is 7.47. The van der Waals surface area contributed by atoms with Gasteiger partial charge in [0.25, 0.3) is 0 Å². The molecule has 6 heteroatoms. The highest BCUT2D eigenvalue weighted by Gasteiger charge is 2.54. The van der Waals surface area contributed by atoms with Crippen LogP contribution in [0, 0.1) is 0 Å². The lowest BCUT2D eigenvalue weighted by Crippen LogP contribution is -2.58. The minimum atomic E-state index is -0.457. The molecule has 1 aliphatic carbocycles. The Morgan fingerprint density at radius 1 is 1.35 bits per heavy atom. The van der Waals surface area contributed by atoms with E-state index in [1.807, 2.05) is 43.9 Å². The van der Waals surface area contributed by atoms with Crippen LogP contribution in [0.3, 0.4) is 0 Å². The van der Waals surface area contributed by atoms with Crippen LogP contribution in [0.4, 0.5) is 10.6 Å². The maximum atomic E-state index is 12.5. The van der Waals surface area contributed by atoms with Crippen molar-refractivity contribution in [3.8, 4) is 0 Å². The SMILES string of the molecule is CC(C)(C)OC(=O)N1CCN(c2cccc(CN)n2)CC12CC2. The summed E-state index contributed by atoms with van der Waals surface area (Å²) in [6, 6.07) is 5.94. The average molecular weight is 318 g/mol. The lowest BCUT2D eigenvalue weighted by atomic mass is 10.1. The van der Waals surface area contributed by atoms with Crippen molar-refractivity contribution >= 4 is 11.9 Å². The first-order chi connectivity index (χ1) is 10.8. The normalized spacial score (nSPS) is 19.8. The Morgan fingerprint density at radius 2 is 2.09 bits per heavy atom. The van der Waals surface area contributed by atoms with Gasteiger partial charge >= 0.3 is 6.09 Å². The largest absolute Gasteiger partial charge is 0.444 e.